The summed E-state index contributed by atoms with van der Waals surface area (Å²) in [5.41, 5.74) is 5.23. The van der Waals surface area contributed by atoms with Gasteiger partial charge in [0.05, 0.1) is 28.2 Å². The van der Waals surface area contributed by atoms with Crippen molar-refractivity contribution in [3.8, 4) is 17.2 Å². The molecule has 1 saturated heterocycles. The lowest BCUT2D eigenvalue weighted by Crippen LogP contribution is -2.47. The first-order chi connectivity index (χ1) is 32.6. The van der Waals surface area contributed by atoms with Crippen molar-refractivity contribution in [3.63, 3.8) is 0 Å². The van der Waals surface area contributed by atoms with Crippen molar-refractivity contribution in [1.82, 2.24) is 19.6 Å². The van der Waals surface area contributed by atoms with Gasteiger partial charge < -0.3 is 23.8 Å². The number of nitrogens with one attached hydrogen (secondary N) is 2. The fourth-order valence-electron chi connectivity index (χ4n) is 9.36. The standard InChI is InChI=1S/C52H65ClN6O8SSi/c1-51(2,3)69(6,7)67-41-15-8-35(9-16-41)34-65-47-19-17-43(30-46(47)59(61)62)68(63,64)56-50(60)44-18-14-40(29-48(44)66-42-28-37-21-23-54-49(37)55-32-42)58-26-24-57(25-27-58)33-38-20-22-52(4,5)31-45(38)36-10-12-39(53)13-11-36/h10-14,17-19,21,23,28-30,32,35,41H,8-9,15-16,20,22,24-27,31,33-34H2,1-7H3,(H,54,55)(H,56,60)/t35-,41-. The summed E-state index contributed by atoms with van der Waals surface area (Å²) >= 11 is 6.26. The van der Waals surface area contributed by atoms with Crippen LogP contribution in [0.3, 0.4) is 0 Å². The number of ether oxygens (including phenoxy) is 2. The summed E-state index contributed by atoms with van der Waals surface area (Å²) in [5.74, 6) is -0.361. The number of sulfonamides is 1. The molecule has 69 heavy (non-hydrogen) atoms. The van der Waals surface area contributed by atoms with Crippen LogP contribution in [-0.2, 0) is 14.4 Å². The van der Waals surface area contributed by atoms with Gasteiger partial charge in [-0.3, -0.25) is 19.8 Å². The predicted octanol–water partition coefficient (Wildman–Crippen LogP) is 11.8. The lowest BCUT2D eigenvalue weighted by atomic mass is 9.72. The number of nitro benzene ring substituents is 1. The molecule has 3 heterocycles. The number of H-pyrrole nitrogens is 1. The molecule has 0 bridgehead atoms. The quantitative estimate of drug-likeness (QED) is 0.0581. The highest BCUT2D eigenvalue weighted by Crippen LogP contribution is 2.44. The zero-order chi connectivity index (χ0) is 49.3. The van der Waals surface area contributed by atoms with Gasteiger partial charge in [0.1, 0.15) is 17.1 Å². The highest BCUT2D eigenvalue weighted by atomic mass is 35.5. The predicted molar refractivity (Wildman–Crippen MR) is 275 cm³/mol. The third-order valence-electron chi connectivity index (χ3n) is 14.5. The van der Waals surface area contributed by atoms with Gasteiger partial charge in [0.25, 0.3) is 15.9 Å². The van der Waals surface area contributed by atoms with Gasteiger partial charge in [0.2, 0.25) is 0 Å². The number of pyridine rings is 1. The van der Waals surface area contributed by atoms with E-state index in [2.05, 4.69) is 84.3 Å². The highest BCUT2D eigenvalue weighted by molar-refractivity contribution is 7.90. The van der Waals surface area contributed by atoms with Crippen molar-refractivity contribution >= 4 is 63.8 Å². The molecule has 2 aromatic heterocycles. The van der Waals surface area contributed by atoms with Crippen molar-refractivity contribution in [2.45, 2.75) is 109 Å². The minimum absolute atomic E-state index is 0.0390. The van der Waals surface area contributed by atoms with Gasteiger partial charge in [-0.15, -0.1) is 0 Å². The van der Waals surface area contributed by atoms with Crippen LogP contribution < -0.4 is 19.1 Å². The molecule has 1 saturated carbocycles. The number of rotatable bonds is 15. The molecule has 3 aromatic carbocycles. The van der Waals surface area contributed by atoms with Gasteiger partial charge in [-0.1, -0.05) is 63.9 Å². The molecule has 2 N–H and O–H groups in total. The number of carbonyl (C=O) groups is 1. The van der Waals surface area contributed by atoms with Crippen LogP contribution in [0.4, 0.5) is 11.4 Å². The minimum atomic E-state index is -4.61. The van der Waals surface area contributed by atoms with Crippen molar-refractivity contribution in [2.75, 3.05) is 44.2 Å². The fraction of sp³-hybridized carbons (Fsp3) is 0.462. The van der Waals surface area contributed by atoms with E-state index in [0.717, 1.165) is 99.8 Å². The Morgan fingerprint density at radius 3 is 2.39 bits per heavy atom. The molecule has 0 atom stereocenters. The van der Waals surface area contributed by atoms with Gasteiger partial charge in [0, 0.05) is 73.3 Å². The van der Waals surface area contributed by atoms with Crippen LogP contribution in [0.25, 0.3) is 16.6 Å². The van der Waals surface area contributed by atoms with Crippen molar-refractivity contribution < 1.29 is 32.0 Å². The Bertz CT molecular complexity index is 2830. The fourth-order valence-corrected chi connectivity index (χ4v) is 11.9. The first-order valence-corrected chi connectivity index (χ1v) is 28.8. The number of halogens is 1. The number of amides is 1. The number of nitrogens with zero attached hydrogens (tertiary/aromatic N) is 4. The largest absolute Gasteiger partial charge is 0.487 e. The number of hydrogen-bond donors (Lipinski definition) is 2. The molecule has 3 aliphatic rings. The van der Waals surface area contributed by atoms with E-state index in [1.165, 1.54) is 35.0 Å². The van der Waals surface area contributed by atoms with Crippen molar-refractivity contribution in [1.29, 1.82) is 0 Å². The average molecular weight is 998 g/mol. The Morgan fingerprint density at radius 1 is 0.971 bits per heavy atom. The first kappa shape index (κ1) is 50.1. The molecule has 1 aliphatic heterocycles. The van der Waals surface area contributed by atoms with Crippen molar-refractivity contribution in [3.05, 3.63) is 117 Å². The Kier molecular flexibility index (Phi) is 14.7. The second-order valence-electron chi connectivity index (χ2n) is 21.2. The van der Waals surface area contributed by atoms with Crippen LogP contribution in [-0.4, -0.2) is 87.9 Å². The molecule has 0 unspecified atom stereocenters. The highest BCUT2D eigenvalue weighted by Gasteiger charge is 2.40. The zero-order valence-electron chi connectivity index (χ0n) is 40.8. The third kappa shape index (κ3) is 12.0. The van der Waals surface area contributed by atoms with E-state index in [1.54, 1.807) is 30.5 Å². The number of fused-ring (bicyclic) bond motifs is 1. The maximum absolute atomic E-state index is 14.0. The Hall–Kier alpha value is -5.26. The van der Waals surface area contributed by atoms with Crippen LogP contribution >= 0.6 is 11.6 Å². The molecule has 1 amide bonds. The van der Waals surface area contributed by atoms with Crippen LogP contribution in [0.2, 0.25) is 23.2 Å². The lowest BCUT2D eigenvalue weighted by molar-refractivity contribution is -0.386. The van der Waals surface area contributed by atoms with Gasteiger partial charge in [-0.05, 0) is 134 Å². The van der Waals surface area contributed by atoms with Crippen LogP contribution in [0.1, 0.15) is 95.5 Å². The molecule has 5 aromatic rings. The van der Waals surface area contributed by atoms with E-state index in [4.69, 9.17) is 25.5 Å². The number of anilines is 1. The minimum Gasteiger partial charge on any atom is -0.487 e. The Labute approximate surface area is 412 Å². The number of benzene rings is 3. The lowest BCUT2D eigenvalue weighted by Gasteiger charge is -2.41. The molecular formula is C52H65ClN6O8SSi. The van der Waals surface area contributed by atoms with E-state index in [1.807, 2.05) is 18.2 Å². The maximum atomic E-state index is 14.0. The number of allylic oxidation sites excluding steroid dienone is 1. The summed E-state index contributed by atoms with van der Waals surface area (Å²) in [7, 11) is -6.51. The number of hydrogen-bond acceptors (Lipinski definition) is 11. The molecule has 8 rings (SSSR count). The summed E-state index contributed by atoms with van der Waals surface area (Å²) < 4.78 is 48.8. The number of aromatic amines is 1. The van der Waals surface area contributed by atoms with Crippen LogP contribution in [0.5, 0.6) is 17.2 Å². The number of aromatic nitrogens is 2. The van der Waals surface area contributed by atoms with E-state index in [-0.39, 0.29) is 46.1 Å². The molecule has 0 radical (unpaired) electrons. The van der Waals surface area contributed by atoms with Gasteiger partial charge >= 0.3 is 5.69 Å². The van der Waals surface area contributed by atoms with Crippen LogP contribution in [0.15, 0.2) is 95.7 Å². The number of nitro groups is 1. The maximum Gasteiger partial charge on any atom is 0.312 e. The number of carbonyl (C=O) groups excluding carboxylic acids is 1. The average Bonchev–Trinajstić information content (AvgIpc) is 3.77. The summed E-state index contributed by atoms with van der Waals surface area (Å²) in [6.45, 7) is 20.1. The smallest absolute Gasteiger partial charge is 0.312 e. The van der Waals surface area contributed by atoms with Gasteiger partial charge in [-0.2, -0.15) is 0 Å². The number of piperazine rings is 1. The molecule has 2 fully saturated rings. The Morgan fingerprint density at radius 2 is 1.70 bits per heavy atom. The summed E-state index contributed by atoms with van der Waals surface area (Å²) in [4.78, 5) is 37.4. The molecule has 0 spiro atoms. The molecule has 17 heteroatoms. The third-order valence-corrected chi connectivity index (χ3v) is 20.7. The second kappa shape index (κ2) is 20.2. The summed E-state index contributed by atoms with van der Waals surface area (Å²) in [6, 6.07) is 20.3. The van der Waals surface area contributed by atoms with Crippen molar-refractivity contribution in [2.24, 2.45) is 11.3 Å². The first-order valence-electron chi connectivity index (χ1n) is 24.0. The molecular weight excluding hydrogens is 932 g/mol. The summed E-state index contributed by atoms with van der Waals surface area (Å²) in [5, 5.41) is 13.9. The monoisotopic (exact) mass is 996 g/mol. The van der Waals surface area contributed by atoms with E-state index in [0.29, 0.717) is 11.4 Å². The second-order valence-corrected chi connectivity index (χ2v) is 28.1. The van der Waals surface area contributed by atoms with E-state index in [9.17, 15) is 23.3 Å². The molecule has 368 valence electrons. The van der Waals surface area contributed by atoms with Gasteiger partial charge in [0.15, 0.2) is 14.1 Å². The molecule has 2 aliphatic carbocycles. The van der Waals surface area contributed by atoms with Gasteiger partial charge in [-0.25, -0.2) is 18.1 Å². The zero-order valence-corrected chi connectivity index (χ0v) is 43.3. The molecule has 14 nitrogen and oxygen atoms in total. The van der Waals surface area contributed by atoms with E-state index < -0.39 is 39.8 Å². The normalized spacial score (nSPS) is 19.4. The summed E-state index contributed by atoms with van der Waals surface area (Å²) in [6.07, 6.45) is 10.1. The Balaban J connectivity index is 0.956. The van der Waals surface area contributed by atoms with Crippen LogP contribution in [0, 0.1) is 21.4 Å². The topological polar surface area (TPSA) is 169 Å². The van der Waals surface area contributed by atoms with E-state index >= 15 is 0 Å². The SMILES string of the molecule is CC1(C)CCC(CN2CCN(c3ccc(C(=O)NS(=O)(=O)c4ccc(OC[C@H]5CC[C@H](O[Si](C)(C)C(C)(C)C)CC5)c([N+](=O)[O-])c4)c(Oc4cnc5[nH]ccc5c4)c3)CC2)=C(c2ccc(Cl)cc2)C1.